The fraction of sp³-hybridized carbons (Fsp3) is 0.250. The molecule has 1 aliphatic rings. The summed E-state index contributed by atoms with van der Waals surface area (Å²) >= 11 is 1.22. The monoisotopic (exact) mass is 370 g/mol. The first-order valence-corrected chi connectivity index (χ1v) is 9.38. The van der Waals surface area contributed by atoms with Gasteiger partial charge in [-0.25, -0.2) is 0 Å². The third-order valence-electron chi connectivity index (χ3n) is 4.03. The summed E-state index contributed by atoms with van der Waals surface area (Å²) in [6.07, 6.45) is 1.77. The minimum atomic E-state index is -0.256. The third kappa shape index (κ3) is 4.14. The van der Waals surface area contributed by atoms with E-state index < -0.39 is 0 Å². The van der Waals surface area contributed by atoms with Gasteiger partial charge >= 0.3 is 0 Å². The van der Waals surface area contributed by atoms with Crippen LogP contribution in [-0.4, -0.2) is 47.2 Å². The average molecular weight is 370 g/mol. The highest BCUT2D eigenvalue weighted by atomic mass is 32.2. The minimum absolute atomic E-state index is 0.0972. The van der Waals surface area contributed by atoms with Crippen molar-refractivity contribution in [3.05, 3.63) is 71.3 Å². The number of thioether (sulfide) groups is 1. The molecule has 1 atom stereocenters. The Bertz CT molecular complexity index is 771. The number of carbonyl (C=O) groups excluding carboxylic acids is 3. The van der Waals surface area contributed by atoms with Crippen LogP contribution in [0.1, 0.15) is 39.2 Å². The largest absolute Gasteiger partial charge is 0.340 e. The third-order valence-corrected chi connectivity index (χ3v) is 4.75. The number of hydrogen-bond acceptors (Lipinski definition) is 4. The molecule has 3 amide bonds. The summed E-state index contributed by atoms with van der Waals surface area (Å²) < 4.78 is 0. The zero-order valence-electron chi connectivity index (χ0n) is 15.3. The van der Waals surface area contributed by atoms with Gasteiger partial charge in [-0.3, -0.25) is 19.3 Å². The molecule has 0 aliphatic carbocycles. The van der Waals surface area contributed by atoms with Crippen molar-refractivity contribution >= 4 is 28.8 Å². The molecular weight excluding hydrogens is 348 g/mol. The Morgan fingerprint density at radius 1 is 0.923 bits per heavy atom. The number of nitrogens with zero attached hydrogens (tertiary/aromatic N) is 2. The van der Waals surface area contributed by atoms with E-state index in [2.05, 4.69) is 0 Å². The zero-order valence-corrected chi connectivity index (χ0v) is 16.1. The zero-order chi connectivity index (χ0) is 19.3. The van der Waals surface area contributed by atoms with Gasteiger partial charge in [-0.05, 0) is 30.9 Å². The van der Waals surface area contributed by atoms with Crippen molar-refractivity contribution in [2.45, 2.75) is 13.0 Å². The summed E-state index contributed by atoms with van der Waals surface area (Å²) in [7, 11) is 3.47. The molecule has 1 aliphatic heterocycles. The highest BCUT2D eigenvalue weighted by molar-refractivity contribution is 8.12. The quantitative estimate of drug-likeness (QED) is 0.748. The van der Waals surface area contributed by atoms with Crippen molar-refractivity contribution in [3.8, 4) is 0 Å². The first-order chi connectivity index (χ1) is 12.4. The van der Waals surface area contributed by atoms with Gasteiger partial charge in [0, 0.05) is 14.1 Å². The van der Waals surface area contributed by atoms with Gasteiger partial charge in [0.2, 0.25) is 0 Å². The minimum Gasteiger partial charge on any atom is -0.340 e. The van der Waals surface area contributed by atoms with Gasteiger partial charge in [-0.15, -0.1) is 0 Å². The van der Waals surface area contributed by atoms with E-state index in [1.54, 1.807) is 49.5 Å². The topological polar surface area (TPSA) is 57.7 Å². The molecular formula is C20H22N2O3S. The van der Waals surface area contributed by atoms with Crippen molar-refractivity contribution < 1.29 is 14.4 Å². The average Bonchev–Trinajstić information content (AvgIpc) is 2.92. The summed E-state index contributed by atoms with van der Waals surface area (Å²) in [6.45, 7) is 1.87. The maximum Gasteiger partial charge on any atom is 0.280 e. The van der Waals surface area contributed by atoms with Gasteiger partial charge in [0.05, 0.1) is 17.2 Å². The van der Waals surface area contributed by atoms with Crippen LogP contribution in [0.4, 0.5) is 4.79 Å². The second-order valence-electron chi connectivity index (χ2n) is 5.98. The molecule has 6 heteroatoms. The van der Waals surface area contributed by atoms with E-state index in [1.807, 2.05) is 37.3 Å². The van der Waals surface area contributed by atoms with E-state index in [9.17, 15) is 14.4 Å². The van der Waals surface area contributed by atoms with E-state index in [0.717, 1.165) is 5.56 Å². The lowest BCUT2D eigenvalue weighted by molar-refractivity contribution is 0.0595. The summed E-state index contributed by atoms with van der Waals surface area (Å²) in [6, 6.07) is 16.3. The Morgan fingerprint density at radius 3 is 1.77 bits per heavy atom. The molecule has 5 nitrogen and oxygen atoms in total. The number of fused-ring (bicyclic) bond motifs is 1. The van der Waals surface area contributed by atoms with E-state index >= 15 is 0 Å². The normalized spacial score (nSPS) is 13.6. The van der Waals surface area contributed by atoms with Crippen molar-refractivity contribution in [1.82, 2.24) is 9.80 Å². The van der Waals surface area contributed by atoms with Gasteiger partial charge in [-0.2, -0.15) is 0 Å². The van der Waals surface area contributed by atoms with E-state index in [0.29, 0.717) is 11.1 Å². The number of carbonyl (C=O) groups is 3. The van der Waals surface area contributed by atoms with Crippen LogP contribution in [0.5, 0.6) is 0 Å². The maximum absolute atomic E-state index is 12.3. The molecule has 0 N–H and O–H groups in total. The Kier molecular flexibility index (Phi) is 6.58. The van der Waals surface area contributed by atoms with Crippen molar-refractivity contribution in [1.29, 1.82) is 0 Å². The smallest absolute Gasteiger partial charge is 0.280 e. The van der Waals surface area contributed by atoms with Crippen molar-refractivity contribution in [3.63, 3.8) is 0 Å². The Morgan fingerprint density at radius 2 is 1.38 bits per heavy atom. The fourth-order valence-electron chi connectivity index (χ4n) is 2.62. The number of rotatable bonds is 2. The summed E-state index contributed by atoms with van der Waals surface area (Å²) in [5.74, 6) is -0.422. The molecule has 136 valence electrons. The number of imide groups is 1. The maximum atomic E-state index is 12.3. The molecule has 0 fully saturated rings. The molecule has 26 heavy (non-hydrogen) atoms. The van der Waals surface area contributed by atoms with Crippen LogP contribution in [0, 0.1) is 0 Å². The predicted molar refractivity (Wildman–Crippen MR) is 104 cm³/mol. The first kappa shape index (κ1) is 19.7. The van der Waals surface area contributed by atoms with Crippen LogP contribution in [0.25, 0.3) is 0 Å². The lowest BCUT2D eigenvalue weighted by Crippen LogP contribution is -2.32. The van der Waals surface area contributed by atoms with Crippen molar-refractivity contribution in [2.75, 3.05) is 20.4 Å². The van der Waals surface area contributed by atoms with Crippen LogP contribution in [0.2, 0.25) is 0 Å². The van der Waals surface area contributed by atoms with Gasteiger partial charge in [0.1, 0.15) is 0 Å². The van der Waals surface area contributed by atoms with Gasteiger partial charge in [-0.1, -0.05) is 54.2 Å². The molecule has 0 radical (unpaired) electrons. The molecule has 0 bridgehead atoms. The van der Waals surface area contributed by atoms with Gasteiger partial charge in [0.15, 0.2) is 0 Å². The molecule has 0 spiro atoms. The van der Waals surface area contributed by atoms with Crippen LogP contribution in [0.3, 0.4) is 0 Å². The second-order valence-corrected chi connectivity index (χ2v) is 6.73. The van der Waals surface area contributed by atoms with Crippen LogP contribution in [0.15, 0.2) is 54.6 Å². The molecule has 0 aromatic heterocycles. The SMILES string of the molecule is CC(c1ccccc1)N1C(=O)c2ccccc2C1=O.CSC(=O)N(C)C. The molecule has 0 saturated heterocycles. The number of hydrogen-bond donors (Lipinski definition) is 0. The Hall–Kier alpha value is -2.60. The first-order valence-electron chi connectivity index (χ1n) is 8.15. The summed E-state index contributed by atoms with van der Waals surface area (Å²) in [4.78, 5) is 37.9. The number of amides is 3. The van der Waals surface area contributed by atoms with Crippen LogP contribution < -0.4 is 0 Å². The summed E-state index contributed by atoms with van der Waals surface area (Å²) in [5, 5.41) is 0.0972. The molecule has 3 rings (SSSR count). The highest BCUT2D eigenvalue weighted by Crippen LogP contribution is 2.30. The van der Waals surface area contributed by atoms with Crippen molar-refractivity contribution in [2.24, 2.45) is 0 Å². The fourth-order valence-corrected chi connectivity index (χ4v) is 2.99. The number of benzene rings is 2. The summed E-state index contributed by atoms with van der Waals surface area (Å²) in [5.41, 5.74) is 1.95. The van der Waals surface area contributed by atoms with Gasteiger partial charge < -0.3 is 4.90 Å². The standard InChI is InChI=1S/C16H13NO2.C4H9NOS/c1-11(12-7-3-2-4-8-12)17-15(18)13-9-5-6-10-14(13)16(17)19;1-5(2)4(6)7-3/h2-11H,1H3;1-3H3. The van der Waals surface area contributed by atoms with E-state index in [-0.39, 0.29) is 23.1 Å². The second kappa shape index (κ2) is 8.67. The lowest BCUT2D eigenvalue weighted by Gasteiger charge is -2.22. The molecule has 1 unspecified atom stereocenters. The van der Waals surface area contributed by atoms with Gasteiger partial charge in [0.25, 0.3) is 17.1 Å². The lowest BCUT2D eigenvalue weighted by atomic mass is 10.1. The predicted octanol–water partition coefficient (Wildman–Crippen LogP) is 4.07. The molecule has 1 heterocycles. The Balaban J connectivity index is 0.000000298. The Labute approximate surface area is 158 Å². The molecule has 2 aromatic carbocycles. The molecule has 0 saturated carbocycles. The van der Waals surface area contributed by atoms with E-state index in [1.165, 1.54) is 16.7 Å². The van der Waals surface area contributed by atoms with Crippen LogP contribution >= 0.6 is 11.8 Å². The molecule has 2 aromatic rings. The highest BCUT2D eigenvalue weighted by Gasteiger charge is 2.38. The van der Waals surface area contributed by atoms with E-state index in [4.69, 9.17) is 0 Å². The van der Waals surface area contributed by atoms with Crippen LogP contribution in [-0.2, 0) is 0 Å².